The van der Waals surface area contributed by atoms with Gasteiger partial charge in [-0.3, -0.25) is 4.79 Å². The Bertz CT molecular complexity index is 628. The van der Waals surface area contributed by atoms with Crippen LogP contribution in [0, 0.1) is 0 Å². The van der Waals surface area contributed by atoms with Crippen molar-refractivity contribution in [3.63, 3.8) is 0 Å². The van der Waals surface area contributed by atoms with Crippen LogP contribution >= 0.6 is 23.1 Å². The average molecular weight is 305 g/mol. The van der Waals surface area contributed by atoms with Crippen LogP contribution in [0.25, 0.3) is 0 Å². The van der Waals surface area contributed by atoms with E-state index in [-0.39, 0.29) is 11.7 Å². The average Bonchev–Trinajstić information content (AvgIpc) is 2.89. The maximum Gasteiger partial charge on any atom is 0.268 e. The zero-order chi connectivity index (χ0) is 14.1. The molecule has 0 aliphatic carbocycles. The van der Waals surface area contributed by atoms with Crippen LogP contribution in [0.15, 0.2) is 30.3 Å². The first kappa shape index (κ1) is 13.5. The number of aryl methyl sites for hydroxylation is 1. The number of carbonyl (C=O) groups excluding carboxylic acids is 1. The third kappa shape index (κ3) is 2.55. The van der Waals surface area contributed by atoms with Crippen LogP contribution in [0.5, 0.6) is 5.75 Å². The molecule has 2 aromatic rings. The molecule has 104 valence electrons. The molecular weight excluding hydrogens is 290 g/mol. The van der Waals surface area contributed by atoms with Crippen LogP contribution in [0.3, 0.4) is 0 Å². The highest BCUT2D eigenvalue weighted by Gasteiger charge is 2.20. The van der Waals surface area contributed by atoms with Crippen molar-refractivity contribution in [1.82, 2.24) is 0 Å². The Morgan fingerprint density at radius 2 is 2.20 bits per heavy atom. The Morgan fingerprint density at radius 1 is 1.35 bits per heavy atom. The first-order valence-corrected chi connectivity index (χ1v) is 8.38. The Balaban J connectivity index is 1.86. The van der Waals surface area contributed by atoms with E-state index in [9.17, 15) is 9.90 Å². The number of nitrogens with zero attached hydrogens (tertiary/aromatic N) is 1. The number of phenols is 1. The number of amides is 1. The quantitative estimate of drug-likeness (QED) is 0.923. The fourth-order valence-corrected chi connectivity index (χ4v) is 4.58. The second kappa shape index (κ2) is 5.50. The van der Waals surface area contributed by atoms with Gasteiger partial charge in [0.25, 0.3) is 5.91 Å². The number of benzene rings is 1. The van der Waals surface area contributed by atoms with Gasteiger partial charge < -0.3 is 10.0 Å². The number of rotatable bonds is 2. The third-order valence-corrected chi connectivity index (χ3v) is 5.59. The van der Waals surface area contributed by atoms with Gasteiger partial charge in [0.2, 0.25) is 0 Å². The van der Waals surface area contributed by atoms with Gasteiger partial charge in [0.15, 0.2) is 0 Å². The molecule has 0 radical (unpaired) electrons. The van der Waals surface area contributed by atoms with Gasteiger partial charge in [-0.2, -0.15) is 11.8 Å². The summed E-state index contributed by atoms with van der Waals surface area (Å²) in [7, 11) is 1.74. The van der Waals surface area contributed by atoms with Crippen molar-refractivity contribution in [2.75, 3.05) is 17.7 Å². The molecule has 3 nitrogen and oxygen atoms in total. The lowest BCUT2D eigenvalue weighted by Gasteiger charge is -2.16. The number of fused-ring (bicyclic) bond motifs is 1. The van der Waals surface area contributed by atoms with E-state index in [1.54, 1.807) is 41.5 Å². The van der Waals surface area contributed by atoms with Crippen molar-refractivity contribution >= 4 is 34.7 Å². The van der Waals surface area contributed by atoms with E-state index < -0.39 is 0 Å². The summed E-state index contributed by atoms with van der Waals surface area (Å²) in [4.78, 5) is 16.2. The molecule has 1 aromatic carbocycles. The fourth-order valence-electron chi connectivity index (χ4n) is 2.24. The van der Waals surface area contributed by atoms with Crippen molar-refractivity contribution in [2.45, 2.75) is 12.2 Å². The zero-order valence-electron chi connectivity index (χ0n) is 11.1. The van der Waals surface area contributed by atoms with Crippen LogP contribution in [-0.2, 0) is 12.2 Å². The second-order valence-corrected chi connectivity index (χ2v) is 6.99. The van der Waals surface area contributed by atoms with Gasteiger partial charge in [-0.25, -0.2) is 0 Å². The number of carbonyl (C=O) groups is 1. The minimum atomic E-state index is -0.0139. The van der Waals surface area contributed by atoms with Crippen LogP contribution in [0.2, 0.25) is 0 Å². The lowest BCUT2D eigenvalue weighted by Crippen LogP contribution is -2.25. The minimum Gasteiger partial charge on any atom is -0.508 e. The highest BCUT2D eigenvalue weighted by atomic mass is 32.2. The number of hydrogen-bond acceptors (Lipinski definition) is 4. The molecule has 0 unspecified atom stereocenters. The molecule has 5 heteroatoms. The van der Waals surface area contributed by atoms with Gasteiger partial charge in [0.05, 0.1) is 4.88 Å². The molecule has 2 heterocycles. The summed E-state index contributed by atoms with van der Waals surface area (Å²) in [6, 6.07) is 8.78. The minimum absolute atomic E-state index is 0.0139. The second-order valence-electron chi connectivity index (χ2n) is 4.75. The maximum absolute atomic E-state index is 12.5. The number of hydrogen-bond donors (Lipinski definition) is 1. The highest BCUT2D eigenvalue weighted by Crippen LogP contribution is 2.33. The highest BCUT2D eigenvalue weighted by molar-refractivity contribution is 7.98. The van der Waals surface area contributed by atoms with Crippen LogP contribution in [-0.4, -0.2) is 23.8 Å². The zero-order valence-corrected chi connectivity index (χ0v) is 12.8. The predicted octanol–water partition coefficient (Wildman–Crippen LogP) is 3.52. The van der Waals surface area contributed by atoms with Crippen molar-refractivity contribution in [2.24, 2.45) is 0 Å². The van der Waals surface area contributed by atoms with E-state index in [1.807, 2.05) is 23.9 Å². The normalized spacial score (nSPS) is 13.8. The van der Waals surface area contributed by atoms with E-state index in [2.05, 4.69) is 0 Å². The van der Waals surface area contributed by atoms with Gasteiger partial charge >= 0.3 is 0 Å². The van der Waals surface area contributed by atoms with E-state index in [4.69, 9.17) is 0 Å². The van der Waals surface area contributed by atoms with Gasteiger partial charge in [0, 0.05) is 29.4 Å². The van der Waals surface area contributed by atoms with Crippen molar-refractivity contribution in [3.8, 4) is 5.75 Å². The van der Waals surface area contributed by atoms with Crippen molar-refractivity contribution < 1.29 is 9.90 Å². The topological polar surface area (TPSA) is 40.5 Å². The molecule has 0 bridgehead atoms. The summed E-state index contributed by atoms with van der Waals surface area (Å²) in [5.74, 6) is 2.31. The van der Waals surface area contributed by atoms with Gasteiger partial charge in [-0.05, 0) is 35.9 Å². The molecule has 1 amide bonds. The summed E-state index contributed by atoms with van der Waals surface area (Å²) in [6.07, 6.45) is 1.06. The summed E-state index contributed by atoms with van der Waals surface area (Å²) < 4.78 is 0. The molecule has 0 spiro atoms. The van der Waals surface area contributed by atoms with Crippen LogP contribution in [0.1, 0.15) is 20.1 Å². The Hall–Kier alpha value is -1.46. The number of aromatic hydroxyl groups is 1. The molecule has 3 rings (SSSR count). The van der Waals surface area contributed by atoms with Gasteiger partial charge in [-0.1, -0.05) is 6.07 Å². The molecule has 1 N–H and O–H groups in total. The molecule has 0 saturated heterocycles. The molecule has 0 atom stereocenters. The molecule has 20 heavy (non-hydrogen) atoms. The lowest BCUT2D eigenvalue weighted by molar-refractivity contribution is 0.0997. The lowest BCUT2D eigenvalue weighted by atomic mass is 10.2. The molecule has 0 fully saturated rings. The molecular formula is C15H15NO2S2. The number of anilines is 1. The standard InChI is InChI=1S/C15H15NO2S2/c1-16(11-3-2-4-12(17)8-11)15(18)14-7-10-9-19-6-5-13(10)20-14/h2-4,7-8,17H,5-6,9H2,1H3. The summed E-state index contributed by atoms with van der Waals surface area (Å²) in [6.45, 7) is 0. The van der Waals surface area contributed by atoms with Gasteiger partial charge in [0.1, 0.15) is 5.75 Å². The molecule has 0 saturated carbocycles. The Labute approximate surface area is 126 Å². The van der Waals surface area contributed by atoms with E-state index >= 15 is 0 Å². The third-order valence-electron chi connectivity index (χ3n) is 3.36. The molecule has 1 aliphatic heterocycles. The van der Waals surface area contributed by atoms with Crippen LogP contribution < -0.4 is 4.90 Å². The first-order chi connectivity index (χ1) is 9.65. The van der Waals surface area contributed by atoms with Gasteiger partial charge in [-0.15, -0.1) is 11.3 Å². The SMILES string of the molecule is CN(C(=O)c1cc2c(s1)CCSC2)c1cccc(O)c1. The monoisotopic (exact) mass is 305 g/mol. The summed E-state index contributed by atoms with van der Waals surface area (Å²) in [5, 5.41) is 9.51. The number of phenolic OH excluding ortho intramolecular Hbond substituents is 1. The predicted molar refractivity (Wildman–Crippen MR) is 85.0 cm³/mol. The van der Waals surface area contributed by atoms with E-state index in [1.165, 1.54) is 10.4 Å². The Morgan fingerprint density at radius 3 is 2.95 bits per heavy atom. The van der Waals surface area contributed by atoms with Crippen molar-refractivity contribution in [1.29, 1.82) is 0 Å². The Kier molecular flexibility index (Phi) is 3.72. The smallest absolute Gasteiger partial charge is 0.268 e. The summed E-state index contributed by atoms with van der Waals surface area (Å²) in [5.41, 5.74) is 2.01. The maximum atomic E-state index is 12.5. The van der Waals surface area contributed by atoms with E-state index in [0.717, 1.165) is 22.8 Å². The largest absolute Gasteiger partial charge is 0.508 e. The van der Waals surface area contributed by atoms with E-state index in [0.29, 0.717) is 5.69 Å². The van der Waals surface area contributed by atoms with Crippen molar-refractivity contribution in [3.05, 3.63) is 45.6 Å². The number of thiophene rings is 1. The molecule has 1 aromatic heterocycles. The molecule has 1 aliphatic rings. The van der Waals surface area contributed by atoms with Crippen LogP contribution in [0.4, 0.5) is 5.69 Å². The summed E-state index contributed by atoms with van der Waals surface area (Å²) >= 11 is 3.52. The number of thioether (sulfide) groups is 1. The first-order valence-electron chi connectivity index (χ1n) is 6.41. The fraction of sp³-hybridized carbons (Fsp3) is 0.267.